The molecule has 1 fully saturated rings. The van der Waals surface area contributed by atoms with Crippen LogP contribution in [-0.2, 0) is 7.05 Å². The number of aromatic nitrogens is 1. The van der Waals surface area contributed by atoms with E-state index in [1.807, 2.05) is 0 Å². The van der Waals surface area contributed by atoms with Crippen LogP contribution in [0.3, 0.4) is 0 Å². The van der Waals surface area contributed by atoms with E-state index in [0.717, 1.165) is 19.3 Å². The Bertz CT molecular complexity index is 500. The number of carbonyl (C=O) groups excluding carboxylic acids is 1. The number of halogens is 1. The number of nitrogens with zero attached hydrogens (tertiary/aromatic N) is 2. The fourth-order valence-electron chi connectivity index (χ4n) is 2.44. The van der Waals surface area contributed by atoms with Gasteiger partial charge in [0.15, 0.2) is 5.69 Å². The van der Waals surface area contributed by atoms with Gasteiger partial charge in [-0.15, -0.1) is 0 Å². The number of carbonyl (C=O) groups is 1. The van der Waals surface area contributed by atoms with E-state index >= 15 is 0 Å². The first-order chi connectivity index (χ1) is 8.99. The second-order valence-corrected chi connectivity index (χ2v) is 6.17. The summed E-state index contributed by atoms with van der Waals surface area (Å²) in [4.78, 5) is 22.7. The molecular formula is C12H16BrN3O3. The molecule has 0 aliphatic heterocycles. The van der Waals surface area contributed by atoms with Crippen molar-refractivity contribution in [3.05, 3.63) is 27.9 Å². The normalized spacial score (nSPS) is 22.4. The van der Waals surface area contributed by atoms with Crippen molar-refractivity contribution >= 4 is 27.7 Å². The maximum Gasteiger partial charge on any atom is 0.323 e. The smallest absolute Gasteiger partial charge is 0.323 e. The van der Waals surface area contributed by atoms with Crippen LogP contribution in [0.15, 0.2) is 12.1 Å². The summed E-state index contributed by atoms with van der Waals surface area (Å²) < 4.78 is 1.30. The molecule has 0 bridgehead atoms. The summed E-state index contributed by atoms with van der Waals surface area (Å²) in [6, 6.07) is 2.83. The third kappa shape index (κ3) is 3.15. The zero-order chi connectivity index (χ0) is 14.0. The maximum absolute atomic E-state index is 12.0. The molecule has 0 spiro atoms. The summed E-state index contributed by atoms with van der Waals surface area (Å²) in [5, 5.41) is 13.6. The van der Waals surface area contributed by atoms with Crippen LogP contribution in [0.5, 0.6) is 0 Å². The highest BCUT2D eigenvalue weighted by atomic mass is 79.9. The topological polar surface area (TPSA) is 77.2 Å². The molecule has 7 heteroatoms. The van der Waals surface area contributed by atoms with Crippen LogP contribution in [0.25, 0.3) is 0 Å². The van der Waals surface area contributed by atoms with Crippen LogP contribution in [-0.4, -0.2) is 26.8 Å². The van der Waals surface area contributed by atoms with E-state index in [-0.39, 0.29) is 11.7 Å². The van der Waals surface area contributed by atoms with Gasteiger partial charge in [-0.1, -0.05) is 15.9 Å². The quantitative estimate of drug-likeness (QED) is 0.522. The molecule has 1 saturated carbocycles. The van der Waals surface area contributed by atoms with Crippen molar-refractivity contribution in [2.24, 2.45) is 13.0 Å². The minimum Gasteiger partial charge on any atom is -0.358 e. The second-order valence-electron chi connectivity index (χ2n) is 4.88. The highest BCUT2D eigenvalue weighted by Gasteiger charge is 2.25. The van der Waals surface area contributed by atoms with Gasteiger partial charge in [-0.05, 0) is 36.2 Å². The van der Waals surface area contributed by atoms with Crippen LogP contribution in [0.2, 0.25) is 0 Å². The van der Waals surface area contributed by atoms with E-state index in [1.54, 1.807) is 0 Å². The molecule has 2 unspecified atom stereocenters. The summed E-state index contributed by atoms with van der Waals surface area (Å²) in [6.45, 7) is 0.625. The molecule has 104 valence electrons. The molecular weight excluding hydrogens is 314 g/mol. The third-order valence-electron chi connectivity index (χ3n) is 3.54. The number of nitro groups is 1. The third-order valence-corrected chi connectivity index (χ3v) is 4.38. The number of rotatable bonds is 4. The number of alkyl halides is 1. The van der Waals surface area contributed by atoms with Crippen LogP contribution >= 0.6 is 15.9 Å². The van der Waals surface area contributed by atoms with Crippen molar-refractivity contribution in [1.82, 2.24) is 9.88 Å². The Balaban J connectivity index is 1.95. The molecule has 0 aromatic carbocycles. The van der Waals surface area contributed by atoms with Crippen LogP contribution in [0, 0.1) is 16.0 Å². The maximum atomic E-state index is 12.0. The summed E-state index contributed by atoms with van der Waals surface area (Å²) >= 11 is 3.57. The van der Waals surface area contributed by atoms with E-state index in [4.69, 9.17) is 0 Å². The fourth-order valence-corrected chi connectivity index (χ4v) is 3.23. The SMILES string of the molecule is Cn1c(C(=O)NCC2CCC(Br)C2)ccc1[N+](=O)[O-]. The van der Waals surface area contributed by atoms with E-state index in [2.05, 4.69) is 21.2 Å². The summed E-state index contributed by atoms with van der Waals surface area (Å²) in [5.41, 5.74) is 0.320. The minimum atomic E-state index is -0.497. The molecule has 1 aliphatic rings. The van der Waals surface area contributed by atoms with E-state index < -0.39 is 4.92 Å². The Morgan fingerprint density at radius 2 is 2.32 bits per heavy atom. The number of hydrogen-bond acceptors (Lipinski definition) is 3. The predicted octanol–water partition coefficient (Wildman–Crippen LogP) is 2.23. The van der Waals surface area contributed by atoms with Gasteiger partial charge in [0.1, 0.15) is 0 Å². The van der Waals surface area contributed by atoms with E-state index in [1.165, 1.54) is 23.7 Å². The highest BCUT2D eigenvalue weighted by molar-refractivity contribution is 9.09. The zero-order valence-electron chi connectivity index (χ0n) is 10.6. The number of amides is 1. The van der Waals surface area contributed by atoms with Gasteiger partial charge in [-0.2, -0.15) is 0 Å². The van der Waals surface area contributed by atoms with Gasteiger partial charge in [0, 0.05) is 17.4 Å². The molecule has 1 aliphatic carbocycles. The predicted molar refractivity (Wildman–Crippen MR) is 74.5 cm³/mol. The molecule has 1 heterocycles. The Morgan fingerprint density at radius 1 is 1.58 bits per heavy atom. The minimum absolute atomic E-state index is 0.0773. The van der Waals surface area contributed by atoms with Gasteiger partial charge >= 0.3 is 5.82 Å². The molecule has 0 radical (unpaired) electrons. The fraction of sp³-hybridized carbons (Fsp3) is 0.583. The molecule has 1 aromatic heterocycles. The van der Waals surface area contributed by atoms with Crippen LogP contribution < -0.4 is 5.32 Å². The second kappa shape index (κ2) is 5.73. The van der Waals surface area contributed by atoms with Crippen LogP contribution in [0.1, 0.15) is 29.8 Å². The summed E-state index contributed by atoms with van der Waals surface area (Å²) in [7, 11) is 1.52. The number of hydrogen-bond donors (Lipinski definition) is 1. The van der Waals surface area contributed by atoms with Crippen molar-refractivity contribution in [3.8, 4) is 0 Å². The lowest BCUT2D eigenvalue weighted by molar-refractivity contribution is -0.391. The molecule has 6 nitrogen and oxygen atoms in total. The summed E-state index contributed by atoms with van der Waals surface area (Å²) in [6.07, 6.45) is 3.30. The van der Waals surface area contributed by atoms with Crippen LogP contribution in [0.4, 0.5) is 5.82 Å². The molecule has 19 heavy (non-hydrogen) atoms. The lowest BCUT2D eigenvalue weighted by Crippen LogP contribution is -2.30. The largest absolute Gasteiger partial charge is 0.358 e. The van der Waals surface area contributed by atoms with Gasteiger partial charge in [0.2, 0.25) is 0 Å². The Morgan fingerprint density at radius 3 is 2.84 bits per heavy atom. The first-order valence-electron chi connectivity index (χ1n) is 6.21. The van der Waals surface area contributed by atoms with Crippen molar-refractivity contribution in [1.29, 1.82) is 0 Å². The zero-order valence-corrected chi connectivity index (χ0v) is 12.2. The lowest BCUT2D eigenvalue weighted by atomic mass is 10.1. The first kappa shape index (κ1) is 14.0. The van der Waals surface area contributed by atoms with Crippen molar-refractivity contribution in [3.63, 3.8) is 0 Å². The molecule has 2 rings (SSSR count). The highest BCUT2D eigenvalue weighted by Crippen LogP contribution is 2.30. The molecule has 1 aromatic rings. The first-order valence-corrected chi connectivity index (χ1v) is 7.13. The Kier molecular flexibility index (Phi) is 4.24. The Labute approximate surface area is 119 Å². The molecule has 1 amide bonds. The van der Waals surface area contributed by atoms with Gasteiger partial charge in [-0.25, -0.2) is 4.57 Å². The van der Waals surface area contributed by atoms with Gasteiger partial charge in [0.25, 0.3) is 5.91 Å². The molecule has 2 atom stereocenters. The molecule has 1 N–H and O–H groups in total. The number of nitrogens with one attached hydrogen (secondary N) is 1. The van der Waals surface area contributed by atoms with Gasteiger partial charge in [0.05, 0.1) is 7.05 Å². The standard InChI is InChI=1S/C12H16BrN3O3/c1-15-10(4-5-11(15)16(18)19)12(17)14-7-8-2-3-9(13)6-8/h4-5,8-9H,2-3,6-7H2,1H3,(H,14,17). The average molecular weight is 330 g/mol. The van der Waals surface area contributed by atoms with Crippen molar-refractivity contribution < 1.29 is 9.72 Å². The Hall–Kier alpha value is -1.37. The van der Waals surface area contributed by atoms with E-state index in [9.17, 15) is 14.9 Å². The van der Waals surface area contributed by atoms with Crippen molar-refractivity contribution in [2.75, 3.05) is 6.54 Å². The van der Waals surface area contributed by atoms with Gasteiger partial charge in [-0.3, -0.25) is 4.79 Å². The van der Waals surface area contributed by atoms with Crippen molar-refractivity contribution in [2.45, 2.75) is 24.1 Å². The van der Waals surface area contributed by atoms with E-state index in [0.29, 0.717) is 23.0 Å². The lowest BCUT2D eigenvalue weighted by Gasteiger charge is -2.10. The average Bonchev–Trinajstić information content (AvgIpc) is 2.92. The molecule has 0 saturated heterocycles. The monoisotopic (exact) mass is 329 g/mol. The summed E-state index contributed by atoms with van der Waals surface area (Å²) in [5.74, 6) is 0.156. The van der Waals surface area contributed by atoms with Gasteiger partial charge < -0.3 is 15.4 Å².